The van der Waals surface area contributed by atoms with Gasteiger partial charge in [-0.25, -0.2) is 0 Å². The summed E-state index contributed by atoms with van der Waals surface area (Å²) in [7, 11) is 0. The lowest BCUT2D eigenvalue weighted by atomic mass is 10.1. The fraction of sp³-hybridized carbons (Fsp3) is 0.533. The highest BCUT2D eigenvalue weighted by atomic mass is 32.2. The molecule has 19 heavy (non-hydrogen) atoms. The highest BCUT2D eigenvalue weighted by molar-refractivity contribution is 7.98. The minimum absolute atomic E-state index is 0.163. The van der Waals surface area contributed by atoms with E-state index in [1.807, 2.05) is 35.4 Å². The van der Waals surface area contributed by atoms with E-state index < -0.39 is 0 Å². The van der Waals surface area contributed by atoms with Crippen molar-refractivity contribution < 1.29 is 4.79 Å². The molecule has 0 aromatic heterocycles. The summed E-state index contributed by atoms with van der Waals surface area (Å²) in [4.78, 5) is 18.0. The van der Waals surface area contributed by atoms with Gasteiger partial charge >= 0.3 is 0 Å². The Morgan fingerprint density at radius 1 is 1.11 bits per heavy atom. The van der Waals surface area contributed by atoms with Crippen molar-refractivity contribution in [1.29, 1.82) is 0 Å². The molecule has 1 aliphatic heterocycles. The zero-order valence-electron chi connectivity index (χ0n) is 11.9. The van der Waals surface area contributed by atoms with Crippen LogP contribution in [0.1, 0.15) is 24.2 Å². The molecule has 1 saturated heterocycles. The minimum Gasteiger partial charge on any atom is -0.336 e. The molecule has 0 atom stereocenters. The van der Waals surface area contributed by atoms with E-state index in [0.29, 0.717) is 6.04 Å². The Morgan fingerprint density at radius 2 is 1.68 bits per heavy atom. The average Bonchev–Trinajstić information content (AvgIpc) is 2.46. The first-order chi connectivity index (χ1) is 9.11. The molecule has 0 bridgehead atoms. The summed E-state index contributed by atoms with van der Waals surface area (Å²) in [5.74, 6) is 0.163. The summed E-state index contributed by atoms with van der Waals surface area (Å²) < 4.78 is 0. The average molecular weight is 278 g/mol. The Morgan fingerprint density at radius 3 is 2.16 bits per heavy atom. The lowest BCUT2D eigenvalue weighted by Gasteiger charge is -2.37. The number of carbonyl (C=O) groups is 1. The van der Waals surface area contributed by atoms with Gasteiger partial charge in [0.25, 0.3) is 5.91 Å². The molecule has 0 N–H and O–H groups in total. The topological polar surface area (TPSA) is 23.6 Å². The Labute approximate surface area is 120 Å². The van der Waals surface area contributed by atoms with Gasteiger partial charge in [-0.05, 0) is 44.4 Å². The first-order valence-corrected chi connectivity index (χ1v) is 8.01. The first-order valence-electron chi connectivity index (χ1n) is 6.79. The lowest BCUT2D eigenvalue weighted by molar-refractivity contribution is 0.0595. The van der Waals surface area contributed by atoms with Gasteiger partial charge in [-0.1, -0.05) is 0 Å². The molecule has 0 saturated carbocycles. The molecular weight excluding hydrogens is 256 g/mol. The van der Waals surface area contributed by atoms with Crippen LogP contribution in [0.4, 0.5) is 0 Å². The van der Waals surface area contributed by atoms with E-state index in [4.69, 9.17) is 0 Å². The number of amides is 1. The van der Waals surface area contributed by atoms with Crippen molar-refractivity contribution in [1.82, 2.24) is 9.80 Å². The van der Waals surface area contributed by atoms with Crippen LogP contribution in [0.15, 0.2) is 29.2 Å². The fourth-order valence-electron chi connectivity index (χ4n) is 2.36. The van der Waals surface area contributed by atoms with Crippen molar-refractivity contribution in [3.8, 4) is 0 Å². The molecule has 0 radical (unpaired) electrons. The van der Waals surface area contributed by atoms with E-state index in [1.54, 1.807) is 11.8 Å². The maximum Gasteiger partial charge on any atom is 0.253 e. The second kappa shape index (κ2) is 6.44. The maximum atomic E-state index is 12.4. The van der Waals surface area contributed by atoms with Crippen molar-refractivity contribution in [2.24, 2.45) is 0 Å². The highest BCUT2D eigenvalue weighted by Gasteiger charge is 2.23. The van der Waals surface area contributed by atoms with Gasteiger partial charge in [0.15, 0.2) is 0 Å². The molecule has 2 rings (SSSR count). The van der Waals surface area contributed by atoms with Crippen LogP contribution in [-0.2, 0) is 0 Å². The van der Waals surface area contributed by atoms with Gasteiger partial charge in [-0.15, -0.1) is 11.8 Å². The summed E-state index contributed by atoms with van der Waals surface area (Å²) in [6.07, 6.45) is 2.04. The summed E-state index contributed by atoms with van der Waals surface area (Å²) in [6.45, 7) is 8.04. The van der Waals surface area contributed by atoms with E-state index in [2.05, 4.69) is 18.7 Å². The Hall–Kier alpha value is -1.00. The Kier molecular flexibility index (Phi) is 4.88. The molecule has 1 aromatic carbocycles. The number of piperazine rings is 1. The molecule has 0 spiro atoms. The standard InChI is InChI=1S/C15H22N2OS/c1-12(2)16-8-10-17(11-9-16)15(18)13-4-6-14(19-3)7-5-13/h4-7,12H,8-11H2,1-3H3. The first kappa shape index (κ1) is 14.4. The number of thioether (sulfide) groups is 1. The lowest BCUT2D eigenvalue weighted by Crippen LogP contribution is -2.50. The van der Waals surface area contributed by atoms with Crippen LogP contribution in [0.25, 0.3) is 0 Å². The second-order valence-electron chi connectivity index (χ2n) is 5.15. The largest absolute Gasteiger partial charge is 0.336 e. The van der Waals surface area contributed by atoms with Gasteiger partial charge in [0.2, 0.25) is 0 Å². The van der Waals surface area contributed by atoms with Crippen molar-refractivity contribution in [2.75, 3.05) is 32.4 Å². The second-order valence-corrected chi connectivity index (χ2v) is 6.03. The third-order valence-corrected chi connectivity index (χ3v) is 4.41. The predicted octanol–water partition coefficient (Wildman–Crippen LogP) is 2.57. The van der Waals surface area contributed by atoms with E-state index in [9.17, 15) is 4.79 Å². The molecule has 3 nitrogen and oxygen atoms in total. The van der Waals surface area contributed by atoms with Crippen LogP contribution in [0.5, 0.6) is 0 Å². The molecule has 1 aliphatic rings. The summed E-state index contributed by atoms with van der Waals surface area (Å²) in [6, 6.07) is 8.47. The number of hydrogen-bond donors (Lipinski definition) is 0. The number of hydrogen-bond acceptors (Lipinski definition) is 3. The molecule has 1 amide bonds. The minimum atomic E-state index is 0.163. The maximum absolute atomic E-state index is 12.4. The van der Waals surface area contributed by atoms with E-state index in [0.717, 1.165) is 31.7 Å². The molecular formula is C15H22N2OS. The van der Waals surface area contributed by atoms with E-state index in [-0.39, 0.29) is 5.91 Å². The molecule has 0 unspecified atom stereocenters. The zero-order valence-corrected chi connectivity index (χ0v) is 12.7. The quantitative estimate of drug-likeness (QED) is 0.794. The molecule has 1 aromatic rings. The molecule has 1 heterocycles. The van der Waals surface area contributed by atoms with Crippen LogP contribution >= 0.6 is 11.8 Å². The van der Waals surface area contributed by atoms with Gasteiger partial charge in [0.1, 0.15) is 0 Å². The molecule has 104 valence electrons. The molecule has 1 fully saturated rings. The van der Waals surface area contributed by atoms with Gasteiger partial charge in [0, 0.05) is 42.7 Å². The van der Waals surface area contributed by atoms with Gasteiger partial charge < -0.3 is 4.90 Å². The van der Waals surface area contributed by atoms with Crippen molar-refractivity contribution in [2.45, 2.75) is 24.8 Å². The molecule has 4 heteroatoms. The van der Waals surface area contributed by atoms with Gasteiger partial charge in [0.05, 0.1) is 0 Å². The normalized spacial score (nSPS) is 16.9. The van der Waals surface area contributed by atoms with Crippen LogP contribution < -0.4 is 0 Å². The van der Waals surface area contributed by atoms with E-state index in [1.165, 1.54) is 4.90 Å². The van der Waals surface area contributed by atoms with Crippen molar-refractivity contribution >= 4 is 17.7 Å². The highest BCUT2D eigenvalue weighted by Crippen LogP contribution is 2.16. The van der Waals surface area contributed by atoms with Crippen LogP contribution in [0, 0.1) is 0 Å². The number of nitrogens with zero attached hydrogens (tertiary/aromatic N) is 2. The summed E-state index contributed by atoms with van der Waals surface area (Å²) in [5.41, 5.74) is 0.802. The van der Waals surface area contributed by atoms with Crippen LogP contribution in [0.3, 0.4) is 0 Å². The summed E-state index contributed by atoms with van der Waals surface area (Å²) >= 11 is 1.70. The Balaban J connectivity index is 1.97. The smallest absolute Gasteiger partial charge is 0.253 e. The number of benzene rings is 1. The zero-order chi connectivity index (χ0) is 13.8. The van der Waals surface area contributed by atoms with Crippen molar-refractivity contribution in [3.05, 3.63) is 29.8 Å². The SMILES string of the molecule is CSc1ccc(C(=O)N2CCN(C(C)C)CC2)cc1. The van der Waals surface area contributed by atoms with Crippen molar-refractivity contribution in [3.63, 3.8) is 0 Å². The van der Waals surface area contributed by atoms with Gasteiger partial charge in [-0.2, -0.15) is 0 Å². The van der Waals surface area contributed by atoms with E-state index >= 15 is 0 Å². The third-order valence-electron chi connectivity index (χ3n) is 3.67. The number of rotatable bonds is 3. The molecule has 0 aliphatic carbocycles. The predicted molar refractivity (Wildman–Crippen MR) is 80.8 cm³/mol. The third kappa shape index (κ3) is 3.51. The van der Waals surface area contributed by atoms with Gasteiger partial charge in [-0.3, -0.25) is 9.69 Å². The number of carbonyl (C=O) groups excluding carboxylic acids is 1. The monoisotopic (exact) mass is 278 g/mol. The summed E-state index contributed by atoms with van der Waals surface area (Å²) in [5, 5.41) is 0. The fourth-order valence-corrected chi connectivity index (χ4v) is 2.77. The van der Waals surface area contributed by atoms with Crippen LogP contribution in [-0.4, -0.2) is 54.2 Å². The Bertz CT molecular complexity index is 422. The van der Waals surface area contributed by atoms with Crippen LogP contribution in [0.2, 0.25) is 0 Å².